The first-order valence-electron chi connectivity index (χ1n) is 9.38. The lowest BCUT2D eigenvalue weighted by molar-refractivity contribution is 0.126. The summed E-state index contributed by atoms with van der Waals surface area (Å²) in [6.45, 7) is 18.7. The Kier molecular flexibility index (Phi) is 5.56. The molecule has 0 saturated carbocycles. The number of hydrogen-bond donors (Lipinski definition) is 0. The Labute approximate surface area is 143 Å². The third-order valence-corrected chi connectivity index (χ3v) is 6.14. The fraction of sp³-hybridized carbons (Fsp3) is 0.762. The van der Waals surface area contributed by atoms with Gasteiger partial charge in [-0.1, -0.05) is 34.6 Å². The van der Waals surface area contributed by atoms with Crippen LogP contribution in [-0.4, -0.2) is 23.0 Å². The van der Waals surface area contributed by atoms with Crippen LogP contribution < -0.4 is 0 Å². The zero-order chi connectivity index (χ0) is 17.5. The van der Waals surface area contributed by atoms with E-state index >= 15 is 0 Å². The van der Waals surface area contributed by atoms with E-state index < -0.39 is 0 Å². The second-order valence-corrected chi connectivity index (χ2v) is 8.45. The smallest absolute Gasteiger partial charge is 0.0613 e. The molecule has 2 rings (SSSR count). The average Bonchev–Trinajstić information content (AvgIpc) is 2.48. The summed E-state index contributed by atoms with van der Waals surface area (Å²) in [6.07, 6.45) is 1.26. The maximum Gasteiger partial charge on any atom is 0.0613 e. The van der Waals surface area contributed by atoms with Crippen LogP contribution in [0.4, 0.5) is 0 Å². The van der Waals surface area contributed by atoms with Crippen molar-refractivity contribution in [2.75, 3.05) is 7.05 Å². The fourth-order valence-corrected chi connectivity index (χ4v) is 4.20. The quantitative estimate of drug-likeness (QED) is 0.698. The molecule has 1 unspecified atom stereocenters. The highest BCUT2D eigenvalue weighted by Crippen LogP contribution is 2.43. The van der Waals surface area contributed by atoms with Gasteiger partial charge in [0.25, 0.3) is 0 Å². The molecule has 2 nitrogen and oxygen atoms in total. The molecule has 0 spiro atoms. The number of nitrogens with zero attached hydrogens (tertiary/aromatic N) is 2. The van der Waals surface area contributed by atoms with Gasteiger partial charge in [-0.2, -0.15) is 0 Å². The maximum absolute atomic E-state index is 5.04. The van der Waals surface area contributed by atoms with Crippen LogP contribution in [0.1, 0.15) is 95.3 Å². The lowest BCUT2D eigenvalue weighted by atomic mass is 9.73. The van der Waals surface area contributed by atoms with Crippen LogP contribution in [0.5, 0.6) is 0 Å². The van der Waals surface area contributed by atoms with Crippen molar-refractivity contribution in [3.05, 3.63) is 28.6 Å². The van der Waals surface area contributed by atoms with Gasteiger partial charge in [-0.3, -0.25) is 9.88 Å². The van der Waals surface area contributed by atoms with Gasteiger partial charge < -0.3 is 0 Å². The number of aromatic nitrogens is 1. The van der Waals surface area contributed by atoms with Crippen LogP contribution in [0.3, 0.4) is 0 Å². The summed E-state index contributed by atoms with van der Waals surface area (Å²) in [5.74, 6) is 2.52. The lowest BCUT2D eigenvalue weighted by Crippen LogP contribution is -2.40. The largest absolute Gasteiger partial charge is 0.295 e. The molecule has 0 bridgehead atoms. The summed E-state index contributed by atoms with van der Waals surface area (Å²) in [5, 5.41) is 0. The number of hydrogen-bond acceptors (Lipinski definition) is 2. The van der Waals surface area contributed by atoms with E-state index in [1.165, 1.54) is 17.7 Å². The zero-order valence-electron chi connectivity index (χ0n) is 16.6. The average molecular weight is 317 g/mol. The minimum Gasteiger partial charge on any atom is -0.295 e. The Hall–Kier alpha value is -0.890. The van der Waals surface area contributed by atoms with Crippen LogP contribution in [-0.2, 0) is 0 Å². The van der Waals surface area contributed by atoms with E-state index in [9.17, 15) is 0 Å². The van der Waals surface area contributed by atoms with E-state index in [1.807, 2.05) is 0 Å². The first kappa shape index (κ1) is 18.4. The number of pyridine rings is 1. The van der Waals surface area contributed by atoms with Crippen molar-refractivity contribution in [2.45, 2.75) is 85.7 Å². The summed E-state index contributed by atoms with van der Waals surface area (Å²) in [7, 11) is 2.27. The minimum absolute atomic E-state index is 0.376. The molecule has 23 heavy (non-hydrogen) atoms. The standard InChI is InChI=1S/C21H36N2/c1-12(2)18-10-14(5)16(7)23(9)17(8)21-20(18)19(13(3)4)11-15(6)22-21/h11-14,16-18H,10H2,1-9H3/t14-,16-,17+,18?/m1/s1. The van der Waals surface area contributed by atoms with Crippen molar-refractivity contribution in [2.24, 2.45) is 11.8 Å². The van der Waals surface area contributed by atoms with E-state index in [4.69, 9.17) is 4.98 Å². The Morgan fingerprint density at radius 2 is 1.74 bits per heavy atom. The molecule has 130 valence electrons. The highest BCUT2D eigenvalue weighted by atomic mass is 15.2. The molecule has 0 aromatic carbocycles. The highest BCUT2D eigenvalue weighted by Gasteiger charge is 2.35. The molecule has 0 radical (unpaired) electrons. The van der Waals surface area contributed by atoms with Gasteiger partial charge in [0, 0.05) is 17.8 Å². The van der Waals surface area contributed by atoms with Gasteiger partial charge in [-0.15, -0.1) is 0 Å². The van der Waals surface area contributed by atoms with E-state index in [-0.39, 0.29) is 0 Å². The number of rotatable bonds is 2. The first-order chi connectivity index (χ1) is 10.6. The Morgan fingerprint density at radius 3 is 2.26 bits per heavy atom. The zero-order valence-corrected chi connectivity index (χ0v) is 16.6. The molecule has 1 aliphatic rings. The molecule has 1 aromatic heterocycles. The van der Waals surface area contributed by atoms with Crippen LogP contribution in [0.2, 0.25) is 0 Å². The fourth-order valence-electron chi connectivity index (χ4n) is 4.20. The highest BCUT2D eigenvalue weighted by molar-refractivity contribution is 5.40. The molecule has 1 aromatic rings. The molecule has 1 aliphatic heterocycles. The van der Waals surface area contributed by atoms with Gasteiger partial charge in [-0.25, -0.2) is 0 Å². The third kappa shape index (κ3) is 3.47. The maximum atomic E-state index is 5.04. The van der Waals surface area contributed by atoms with Gasteiger partial charge in [0.2, 0.25) is 0 Å². The Balaban J connectivity index is 2.73. The second kappa shape index (κ2) is 6.93. The summed E-state index contributed by atoms with van der Waals surface area (Å²) >= 11 is 0. The monoisotopic (exact) mass is 316 g/mol. The van der Waals surface area contributed by atoms with E-state index in [2.05, 4.69) is 73.4 Å². The van der Waals surface area contributed by atoms with Crippen LogP contribution in [0.25, 0.3) is 0 Å². The van der Waals surface area contributed by atoms with Crippen LogP contribution in [0, 0.1) is 18.8 Å². The predicted octanol–water partition coefficient (Wildman–Crippen LogP) is 5.67. The molecule has 0 aliphatic carbocycles. The molecular formula is C21H36N2. The lowest BCUT2D eigenvalue weighted by Gasteiger charge is -2.42. The Bertz CT molecular complexity index is 547. The van der Waals surface area contributed by atoms with E-state index in [0.717, 1.165) is 5.69 Å². The van der Waals surface area contributed by atoms with E-state index in [1.54, 1.807) is 5.56 Å². The number of fused-ring (bicyclic) bond motifs is 1. The molecule has 2 heteroatoms. The van der Waals surface area contributed by atoms with Gasteiger partial charge in [0.1, 0.15) is 0 Å². The predicted molar refractivity (Wildman–Crippen MR) is 100 cm³/mol. The van der Waals surface area contributed by atoms with E-state index in [0.29, 0.717) is 35.8 Å². The molecule has 4 atom stereocenters. The normalized spacial score (nSPS) is 29.5. The van der Waals surface area contributed by atoms with Gasteiger partial charge in [0.05, 0.1) is 5.69 Å². The van der Waals surface area contributed by atoms with Crippen molar-refractivity contribution in [3.8, 4) is 0 Å². The summed E-state index contributed by atoms with van der Waals surface area (Å²) in [5.41, 5.74) is 5.57. The van der Waals surface area contributed by atoms with Gasteiger partial charge >= 0.3 is 0 Å². The Morgan fingerprint density at radius 1 is 1.13 bits per heavy atom. The third-order valence-electron chi connectivity index (χ3n) is 6.14. The molecular weight excluding hydrogens is 280 g/mol. The first-order valence-corrected chi connectivity index (χ1v) is 9.38. The van der Waals surface area contributed by atoms with Crippen molar-refractivity contribution in [1.29, 1.82) is 0 Å². The van der Waals surface area contributed by atoms with Gasteiger partial charge in [0.15, 0.2) is 0 Å². The summed E-state index contributed by atoms with van der Waals surface area (Å²) in [6, 6.07) is 3.30. The molecule has 0 amide bonds. The number of aryl methyl sites for hydroxylation is 1. The molecule has 0 N–H and O–H groups in total. The molecule has 0 saturated heterocycles. The summed E-state index contributed by atoms with van der Waals surface area (Å²) in [4.78, 5) is 7.56. The van der Waals surface area contributed by atoms with Crippen molar-refractivity contribution in [3.63, 3.8) is 0 Å². The van der Waals surface area contributed by atoms with Crippen LogP contribution in [0.15, 0.2) is 6.07 Å². The van der Waals surface area contributed by atoms with Gasteiger partial charge in [-0.05, 0) is 75.1 Å². The second-order valence-electron chi connectivity index (χ2n) is 8.45. The topological polar surface area (TPSA) is 16.1 Å². The van der Waals surface area contributed by atoms with Crippen molar-refractivity contribution in [1.82, 2.24) is 9.88 Å². The minimum atomic E-state index is 0.376. The van der Waals surface area contributed by atoms with Crippen LogP contribution >= 0.6 is 0 Å². The summed E-state index contributed by atoms with van der Waals surface area (Å²) < 4.78 is 0. The van der Waals surface area contributed by atoms with Crippen molar-refractivity contribution < 1.29 is 0 Å². The molecule has 0 fully saturated rings. The van der Waals surface area contributed by atoms with Crippen molar-refractivity contribution >= 4 is 0 Å². The molecule has 2 heterocycles. The SMILES string of the molecule is Cc1cc(C(C)C)c2c(n1)[C@H](C)N(C)[C@H](C)[C@H](C)CC2C(C)C.